The summed E-state index contributed by atoms with van der Waals surface area (Å²) in [6, 6.07) is 0. The molecule has 0 heterocycles. The molecule has 3 nitrogen and oxygen atoms in total. The molecule has 96 valence electrons. The van der Waals surface area contributed by atoms with E-state index in [1.807, 2.05) is 0 Å². The van der Waals surface area contributed by atoms with E-state index in [2.05, 4.69) is 19.8 Å². The summed E-state index contributed by atoms with van der Waals surface area (Å²) in [5.41, 5.74) is 1.14. The van der Waals surface area contributed by atoms with Crippen molar-refractivity contribution in [1.29, 1.82) is 0 Å². The zero-order chi connectivity index (χ0) is 13.5. The number of carbonyl (C=O) groups is 2. The first-order valence-corrected chi connectivity index (χ1v) is 6.24. The summed E-state index contributed by atoms with van der Waals surface area (Å²) in [5, 5.41) is 0. The molecule has 0 N–H and O–H groups in total. The number of rotatable bonds is 3. The van der Waals surface area contributed by atoms with Gasteiger partial charge >= 0.3 is 5.97 Å². The van der Waals surface area contributed by atoms with Crippen molar-refractivity contribution in [2.45, 2.75) is 33.1 Å². The fourth-order valence-corrected chi connectivity index (χ4v) is 3.31. The van der Waals surface area contributed by atoms with Crippen molar-refractivity contribution in [3.63, 3.8) is 0 Å². The Morgan fingerprint density at radius 2 is 2.17 bits per heavy atom. The molecule has 0 aromatic heterocycles. The van der Waals surface area contributed by atoms with Gasteiger partial charge in [-0.1, -0.05) is 13.8 Å². The maximum absolute atomic E-state index is 12.3. The molecule has 3 heteroatoms. The standard InChI is InChI=1S/C15H18O3/c1-5-6-7-9-10-8-11(15(10,2)3)13(16)12(9)14(17)18-4/h1,10-11H,6-8H2,2-4H3/t10-,11-/m1/s1. The van der Waals surface area contributed by atoms with E-state index in [4.69, 9.17) is 11.2 Å². The van der Waals surface area contributed by atoms with Gasteiger partial charge in [-0.3, -0.25) is 4.79 Å². The van der Waals surface area contributed by atoms with Crippen molar-refractivity contribution in [2.24, 2.45) is 17.3 Å². The van der Waals surface area contributed by atoms with E-state index in [0.29, 0.717) is 18.8 Å². The second-order valence-electron chi connectivity index (χ2n) is 5.62. The molecule has 18 heavy (non-hydrogen) atoms. The van der Waals surface area contributed by atoms with Crippen molar-refractivity contribution < 1.29 is 14.3 Å². The van der Waals surface area contributed by atoms with Crippen molar-refractivity contribution in [2.75, 3.05) is 7.11 Å². The largest absolute Gasteiger partial charge is 0.465 e. The molecule has 3 aliphatic carbocycles. The molecule has 3 aliphatic rings. The van der Waals surface area contributed by atoms with Gasteiger partial charge in [0.1, 0.15) is 5.57 Å². The van der Waals surface area contributed by atoms with E-state index in [9.17, 15) is 9.59 Å². The van der Waals surface area contributed by atoms with Crippen LogP contribution < -0.4 is 0 Å². The Labute approximate surface area is 108 Å². The minimum atomic E-state index is -0.503. The minimum absolute atomic E-state index is 0.0359. The normalized spacial score (nSPS) is 28.4. The van der Waals surface area contributed by atoms with E-state index >= 15 is 0 Å². The molecule has 0 saturated heterocycles. The van der Waals surface area contributed by atoms with E-state index in [1.54, 1.807) is 0 Å². The average Bonchev–Trinajstić information content (AvgIpc) is 2.34. The minimum Gasteiger partial charge on any atom is -0.465 e. The monoisotopic (exact) mass is 246 g/mol. The molecule has 0 spiro atoms. The Morgan fingerprint density at radius 3 is 2.67 bits per heavy atom. The van der Waals surface area contributed by atoms with E-state index in [1.165, 1.54) is 7.11 Å². The van der Waals surface area contributed by atoms with Gasteiger partial charge in [-0.25, -0.2) is 4.79 Å². The summed E-state index contributed by atoms with van der Waals surface area (Å²) in [6.45, 7) is 4.18. The number of allylic oxidation sites excluding steroid dienone is 1. The van der Waals surface area contributed by atoms with Crippen LogP contribution in [0.3, 0.4) is 0 Å². The van der Waals surface area contributed by atoms with Gasteiger partial charge in [0.15, 0.2) is 5.78 Å². The lowest BCUT2D eigenvalue weighted by atomic mass is 9.46. The van der Waals surface area contributed by atoms with Crippen LogP contribution in [0.2, 0.25) is 0 Å². The fourth-order valence-electron chi connectivity index (χ4n) is 3.31. The van der Waals surface area contributed by atoms with Crippen LogP contribution in [-0.2, 0) is 14.3 Å². The highest BCUT2D eigenvalue weighted by Crippen LogP contribution is 2.60. The number of hydrogen-bond acceptors (Lipinski definition) is 3. The summed E-state index contributed by atoms with van der Waals surface area (Å²) >= 11 is 0. The molecule has 1 saturated carbocycles. The van der Waals surface area contributed by atoms with Gasteiger partial charge in [-0.05, 0) is 29.7 Å². The fraction of sp³-hybridized carbons (Fsp3) is 0.600. The van der Waals surface area contributed by atoms with Crippen LogP contribution in [0.15, 0.2) is 11.1 Å². The third-order valence-electron chi connectivity index (χ3n) is 4.50. The van der Waals surface area contributed by atoms with Gasteiger partial charge < -0.3 is 4.74 Å². The molecule has 0 amide bonds. The predicted octanol–water partition coefficient (Wildman–Crippen LogP) is 2.11. The van der Waals surface area contributed by atoms with Crippen LogP contribution in [0.4, 0.5) is 0 Å². The van der Waals surface area contributed by atoms with Gasteiger partial charge in [0.2, 0.25) is 0 Å². The zero-order valence-electron chi connectivity index (χ0n) is 11.1. The zero-order valence-corrected chi connectivity index (χ0v) is 11.1. The lowest BCUT2D eigenvalue weighted by Gasteiger charge is -2.56. The van der Waals surface area contributed by atoms with Crippen molar-refractivity contribution in [3.05, 3.63) is 11.1 Å². The van der Waals surface area contributed by atoms with Crippen LogP contribution >= 0.6 is 0 Å². The van der Waals surface area contributed by atoms with Crippen LogP contribution in [0, 0.1) is 29.6 Å². The Morgan fingerprint density at radius 1 is 1.50 bits per heavy atom. The number of carbonyl (C=O) groups excluding carboxylic acids is 2. The molecule has 0 aromatic rings. The van der Waals surface area contributed by atoms with Gasteiger partial charge in [-0.2, -0.15) is 0 Å². The predicted molar refractivity (Wildman–Crippen MR) is 67.5 cm³/mol. The average molecular weight is 246 g/mol. The molecule has 0 aliphatic heterocycles. The third-order valence-corrected chi connectivity index (χ3v) is 4.50. The van der Waals surface area contributed by atoms with Crippen molar-refractivity contribution in [3.8, 4) is 12.3 Å². The van der Waals surface area contributed by atoms with E-state index in [-0.39, 0.29) is 22.7 Å². The number of hydrogen-bond donors (Lipinski definition) is 0. The number of terminal acetylenes is 1. The summed E-state index contributed by atoms with van der Waals surface area (Å²) in [7, 11) is 1.31. The topological polar surface area (TPSA) is 43.4 Å². The van der Waals surface area contributed by atoms with E-state index < -0.39 is 5.97 Å². The number of Topliss-reactive ketones (excluding diaryl/α,β-unsaturated/α-hetero) is 1. The van der Waals surface area contributed by atoms with E-state index in [0.717, 1.165) is 12.0 Å². The number of methoxy groups -OCH3 is 1. The van der Waals surface area contributed by atoms with Gasteiger partial charge in [0, 0.05) is 12.3 Å². The molecule has 1 fully saturated rings. The molecule has 0 unspecified atom stereocenters. The molecular formula is C15H18O3. The SMILES string of the molecule is C#CCCC1=C(C(=O)OC)C(=O)[C@H]2C[C@H]1C2(C)C. The van der Waals surface area contributed by atoms with Crippen LogP contribution in [0.5, 0.6) is 0 Å². The number of esters is 1. The molecular weight excluding hydrogens is 228 g/mol. The van der Waals surface area contributed by atoms with Gasteiger partial charge in [0.05, 0.1) is 7.11 Å². The number of ketones is 1. The number of ether oxygens (including phenoxy) is 1. The van der Waals surface area contributed by atoms with Gasteiger partial charge in [0.25, 0.3) is 0 Å². The number of fused-ring (bicyclic) bond motifs is 1. The van der Waals surface area contributed by atoms with Gasteiger partial charge in [-0.15, -0.1) is 12.3 Å². The third kappa shape index (κ3) is 1.59. The summed E-state index contributed by atoms with van der Waals surface area (Å²) in [6.07, 6.45) is 7.31. The second kappa shape index (κ2) is 4.28. The lowest BCUT2D eigenvalue weighted by molar-refractivity contribution is -0.145. The maximum atomic E-state index is 12.3. The molecule has 2 bridgehead atoms. The Bertz CT molecular complexity index is 476. The molecule has 0 aromatic carbocycles. The highest BCUT2D eigenvalue weighted by atomic mass is 16.5. The second-order valence-corrected chi connectivity index (χ2v) is 5.62. The van der Waals surface area contributed by atoms with Crippen molar-refractivity contribution in [1.82, 2.24) is 0 Å². The molecule has 3 rings (SSSR count). The Kier molecular flexibility index (Phi) is 3.06. The first kappa shape index (κ1) is 12.9. The summed E-state index contributed by atoms with van der Waals surface area (Å²) < 4.78 is 4.74. The van der Waals surface area contributed by atoms with Crippen molar-refractivity contribution >= 4 is 11.8 Å². The molecule has 2 atom stereocenters. The maximum Gasteiger partial charge on any atom is 0.341 e. The molecule has 0 radical (unpaired) electrons. The first-order chi connectivity index (χ1) is 8.45. The first-order valence-electron chi connectivity index (χ1n) is 6.24. The Balaban J connectivity index is 2.44. The smallest absolute Gasteiger partial charge is 0.341 e. The highest BCUT2D eigenvalue weighted by molar-refractivity contribution is 6.20. The van der Waals surface area contributed by atoms with Crippen LogP contribution in [0.1, 0.15) is 33.1 Å². The van der Waals surface area contributed by atoms with Crippen LogP contribution in [0.25, 0.3) is 0 Å². The van der Waals surface area contributed by atoms with Crippen LogP contribution in [-0.4, -0.2) is 18.9 Å². The highest BCUT2D eigenvalue weighted by Gasteiger charge is 2.58. The summed E-state index contributed by atoms with van der Waals surface area (Å²) in [4.78, 5) is 24.1. The summed E-state index contributed by atoms with van der Waals surface area (Å²) in [5.74, 6) is 2.28. The quantitative estimate of drug-likeness (QED) is 0.435. The Hall–Kier alpha value is -1.56. The lowest BCUT2D eigenvalue weighted by Crippen LogP contribution is -2.55.